The summed E-state index contributed by atoms with van der Waals surface area (Å²) in [6, 6.07) is 6.79. The van der Waals surface area contributed by atoms with Gasteiger partial charge in [0.2, 0.25) is 11.9 Å². The summed E-state index contributed by atoms with van der Waals surface area (Å²) in [5.74, 6) is 0.229. The van der Waals surface area contributed by atoms with Gasteiger partial charge in [-0.15, -0.1) is 10.2 Å². The summed E-state index contributed by atoms with van der Waals surface area (Å²) in [4.78, 5) is 25.7. The Balaban J connectivity index is 1.21. The van der Waals surface area contributed by atoms with E-state index in [9.17, 15) is 9.18 Å². The van der Waals surface area contributed by atoms with Gasteiger partial charge in [0.15, 0.2) is 17.3 Å². The van der Waals surface area contributed by atoms with Crippen LogP contribution in [0.3, 0.4) is 0 Å². The second-order valence-corrected chi connectivity index (χ2v) is 9.28. The average molecular weight is 552 g/mol. The molecule has 0 unspecified atom stereocenters. The number of hydrogen-bond acceptors (Lipinski definition) is 9. The molecule has 0 spiro atoms. The molecule has 1 fully saturated rings. The second kappa shape index (κ2) is 9.18. The number of halogens is 2. The number of nitrogens with one attached hydrogen (secondary N) is 3. The lowest BCUT2D eigenvalue weighted by molar-refractivity contribution is -0.125. The molecule has 5 aromatic rings. The Morgan fingerprint density at radius 1 is 1.28 bits per heavy atom. The van der Waals surface area contributed by atoms with Crippen LogP contribution in [0.25, 0.3) is 27.6 Å². The van der Waals surface area contributed by atoms with Gasteiger partial charge in [0.05, 0.1) is 17.6 Å². The van der Waals surface area contributed by atoms with E-state index in [2.05, 4.69) is 67.2 Å². The molecular formula is C22H19BrFN11O. The number of nitrogens with zero attached hydrogens (tertiary/aromatic N) is 8. The fourth-order valence-electron chi connectivity index (χ4n) is 4.47. The number of aromatic amines is 1. The van der Waals surface area contributed by atoms with Crippen molar-refractivity contribution >= 4 is 49.7 Å². The van der Waals surface area contributed by atoms with Crippen molar-refractivity contribution in [3.63, 3.8) is 0 Å². The van der Waals surface area contributed by atoms with E-state index in [0.29, 0.717) is 50.4 Å². The molecule has 1 amide bonds. The van der Waals surface area contributed by atoms with Gasteiger partial charge in [-0.1, -0.05) is 11.3 Å². The van der Waals surface area contributed by atoms with Gasteiger partial charge in [-0.05, 0) is 47.3 Å². The van der Waals surface area contributed by atoms with E-state index < -0.39 is 5.82 Å². The molecule has 6 rings (SSSR count). The molecule has 182 valence electrons. The van der Waals surface area contributed by atoms with Crippen molar-refractivity contribution in [1.29, 1.82) is 0 Å². The highest BCUT2D eigenvalue weighted by atomic mass is 79.9. The molecule has 0 radical (unpaired) electrons. The largest absolute Gasteiger partial charge is 0.351 e. The summed E-state index contributed by atoms with van der Waals surface area (Å²) in [5.41, 5.74) is 1.34. The third-order valence-electron chi connectivity index (χ3n) is 6.21. The van der Waals surface area contributed by atoms with Crippen molar-refractivity contribution in [2.75, 3.05) is 5.32 Å². The lowest BCUT2D eigenvalue weighted by Gasteiger charge is -2.13. The van der Waals surface area contributed by atoms with E-state index in [1.807, 2.05) is 6.07 Å². The van der Waals surface area contributed by atoms with Crippen molar-refractivity contribution in [3.8, 4) is 5.69 Å². The van der Waals surface area contributed by atoms with Crippen molar-refractivity contribution in [2.24, 2.45) is 5.92 Å². The minimum Gasteiger partial charge on any atom is -0.351 e. The fourth-order valence-corrected chi connectivity index (χ4v) is 4.91. The summed E-state index contributed by atoms with van der Waals surface area (Å²) in [5, 5.41) is 25.5. The van der Waals surface area contributed by atoms with Gasteiger partial charge in [-0.25, -0.2) is 14.1 Å². The minimum absolute atomic E-state index is 0.0346. The van der Waals surface area contributed by atoms with E-state index in [0.717, 1.165) is 12.8 Å². The van der Waals surface area contributed by atoms with Crippen LogP contribution in [0.2, 0.25) is 0 Å². The second-order valence-electron chi connectivity index (χ2n) is 8.53. The molecule has 1 aliphatic carbocycles. The highest BCUT2D eigenvalue weighted by Gasteiger charge is 2.30. The quantitative estimate of drug-likeness (QED) is 0.289. The monoisotopic (exact) mass is 551 g/mol. The Hall–Kier alpha value is -4.07. The number of rotatable bonds is 6. The number of aromatic nitrogens is 9. The number of carbonyl (C=O) groups excluding carboxylic acids is 1. The van der Waals surface area contributed by atoms with Crippen LogP contribution in [0.1, 0.15) is 25.1 Å². The number of hydrogen-bond donors (Lipinski definition) is 3. The van der Waals surface area contributed by atoms with Crippen LogP contribution >= 0.6 is 15.9 Å². The molecular weight excluding hydrogens is 533 g/mol. The number of tetrazole rings is 1. The van der Waals surface area contributed by atoms with Crippen molar-refractivity contribution in [3.05, 3.63) is 52.9 Å². The molecule has 1 saturated carbocycles. The molecule has 14 heteroatoms. The highest BCUT2D eigenvalue weighted by Crippen LogP contribution is 2.30. The Labute approximate surface area is 211 Å². The molecule has 1 aliphatic rings. The van der Waals surface area contributed by atoms with Crippen molar-refractivity contribution < 1.29 is 9.18 Å². The zero-order chi connectivity index (χ0) is 24.6. The van der Waals surface area contributed by atoms with E-state index >= 15 is 0 Å². The number of H-pyrrole nitrogens is 1. The summed E-state index contributed by atoms with van der Waals surface area (Å²) in [6.07, 6.45) is 5.41. The summed E-state index contributed by atoms with van der Waals surface area (Å²) >= 11 is 3.45. The lowest BCUT2D eigenvalue weighted by Crippen LogP contribution is -2.30. The molecule has 2 atom stereocenters. The maximum Gasteiger partial charge on any atom is 0.224 e. The van der Waals surface area contributed by atoms with Crippen LogP contribution < -0.4 is 10.6 Å². The normalized spacial score (nSPS) is 17.6. The maximum absolute atomic E-state index is 14.7. The van der Waals surface area contributed by atoms with Crippen LogP contribution in [0, 0.1) is 11.7 Å². The zero-order valence-electron chi connectivity index (χ0n) is 18.7. The fraction of sp³-hybridized carbons (Fsp3) is 0.273. The molecule has 4 heterocycles. The number of benzene rings is 1. The summed E-state index contributed by atoms with van der Waals surface area (Å²) in [7, 11) is 0. The predicted molar refractivity (Wildman–Crippen MR) is 130 cm³/mol. The third-order valence-corrected chi connectivity index (χ3v) is 6.80. The first-order valence-corrected chi connectivity index (χ1v) is 12.1. The Morgan fingerprint density at radius 2 is 2.19 bits per heavy atom. The number of anilines is 1. The molecule has 0 aliphatic heterocycles. The zero-order valence-corrected chi connectivity index (χ0v) is 20.3. The van der Waals surface area contributed by atoms with Gasteiger partial charge in [0, 0.05) is 35.8 Å². The van der Waals surface area contributed by atoms with Gasteiger partial charge in [-0.2, -0.15) is 15.3 Å². The molecule has 4 aromatic heterocycles. The van der Waals surface area contributed by atoms with Gasteiger partial charge in [-0.3, -0.25) is 9.78 Å². The SMILES string of the molecule is O=C(NCc1nn[nH]n1)[C@@H]1CC[C@@H](Nc2ncc3c(Br)nn(-c4cc(F)c5ncccc5c4)c3n2)C1. The molecule has 36 heavy (non-hydrogen) atoms. The molecule has 3 N–H and O–H groups in total. The van der Waals surface area contributed by atoms with Crippen LogP contribution in [0.5, 0.6) is 0 Å². The Bertz CT molecular complexity index is 1570. The van der Waals surface area contributed by atoms with Crippen LogP contribution in [0.15, 0.2) is 41.3 Å². The van der Waals surface area contributed by atoms with E-state index in [1.54, 1.807) is 29.2 Å². The average Bonchev–Trinajstić information content (AvgIpc) is 3.64. The summed E-state index contributed by atoms with van der Waals surface area (Å²) < 4.78 is 16.8. The first-order valence-electron chi connectivity index (χ1n) is 11.3. The first kappa shape index (κ1) is 22.4. The number of pyridine rings is 1. The van der Waals surface area contributed by atoms with Crippen molar-refractivity contribution in [1.82, 2.24) is 50.7 Å². The molecule has 1 aromatic carbocycles. The first-order chi connectivity index (χ1) is 17.5. The predicted octanol–water partition coefficient (Wildman–Crippen LogP) is 2.68. The maximum atomic E-state index is 14.7. The Morgan fingerprint density at radius 3 is 3.06 bits per heavy atom. The van der Waals surface area contributed by atoms with Gasteiger partial charge in [0.25, 0.3) is 0 Å². The van der Waals surface area contributed by atoms with Gasteiger partial charge in [0.1, 0.15) is 10.1 Å². The smallest absolute Gasteiger partial charge is 0.224 e. The van der Waals surface area contributed by atoms with Crippen LogP contribution in [-0.4, -0.2) is 57.3 Å². The van der Waals surface area contributed by atoms with E-state index in [-0.39, 0.29) is 24.4 Å². The molecule has 0 bridgehead atoms. The Kier molecular flexibility index (Phi) is 5.71. The minimum atomic E-state index is -0.440. The number of amides is 1. The summed E-state index contributed by atoms with van der Waals surface area (Å²) in [6.45, 7) is 0.230. The highest BCUT2D eigenvalue weighted by molar-refractivity contribution is 9.10. The van der Waals surface area contributed by atoms with Crippen LogP contribution in [-0.2, 0) is 11.3 Å². The van der Waals surface area contributed by atoms with E-state index in [4.69, 9.17) is 0 Å². The topological polar surface area (TPSA) is 152 Å². The van der Waals surface area contributed by atoms with E-state index in [1.165, 1.54) is 6.07 Å². The molecule has 0 saturated heterocycles. The number of fused-ring (bicyclic) bond motifs is 2. The van der Waals surface area contributed by atoms with Crippen LogP contribution in [0.4, 0.5) is 10.3 Å². The van der Waals surface area contributed by atoms with Crippen molar-refractivity contribution in [2.45, 2.75) is 31.8 Å². The standard InChI is InChI=1S/C22H19BrFN11O/c23-19-15-9-27-22(28-13-4-3-12(6-13)21(36)26-10-17-30-33-34-31-17)29-20(15)35(32-19)14-7-11-2-1-5-25-18(11)16(24)8-14/h1-2,5,7-9,12-13H,3-4,6,10H2,(H,26,36)(H,27,28,29)(H,30,31,33,34)/t12-,13-/m1/s1. The van der Waals surface area contributed by atoms with Gasteiger partial charge < -0.3 is 10.6 Å². The third kappa shape index (κ3) is 4.23. The van der Waals surface area contributed by atoms with Gasteiger partial charge >= 0.3 is 0 Å². The molecule has 12 nitrogen and oxygen atoms in total. The number of carbonyl (C=O) groups is 1. The lowest BCUT2D eigenvalue weighted by atomic mass is 10.1.